The van der Waals surface area contributed by atoms with Gasteiger partial charge in [-0.05, 0) is 39.0 Å². The zero-order chi connectivity index (χ0) is 16.6. The van der Waals surface area contributed by atoms with Crippen LogP contribution in [0.15, 0.2) is 28.0 Å². The Bertz CT molecular complexity index is 722. The number of benzene rings is 1. The molecule has 0 aromatic heterocycles. The van der Waals surface area contributed by atoms with E-state index in [1.54, 1.807) is 20.8 Å². The minimum atomic E-state index is -4.19. The summed E-state index contributed by atoms with van der Waals surface area (Å²) in [5, 5.41) is 0. The van der Waals surface area contributed by atoms with Crippen molar-refractivity contribution >= 4 is 35.5 Å². The Balaban J connectivity index is 3.50. The Morgan fingerprint density at radius 1 is 1.05 bits per heavy atom. The van der Waals surface area contributed by atoms with Crippen LogP contribution in [0, 0.1) is 0 Å². The molecule has 0 saturated carbocycles. The van der Waals surface area contributed by atoms with Crippen LogP contribution in [0.1, 0.15) is 31.1 Å². The van der Waals surface area contributed by atoms with Gasteiger partial charge in [0.15, 0.2) is 9.84 Å². The third kappa shape index (κ3) is 5.29. The molecule has 0 spiro atoms. The van der Waals surface area contributed by atoms with Crippen molar-refractivity contribution in [1.82, 2.24) is 0 Å². The Labute approximate surface area is 128 Å². The SMILES string of the molecule is CC(C)(C)OC(=O)c1cc(S(C)(=O)=O)cc(S(=O)(=O)Cl)c1. The van der Waals surface area contributed by atoms with Crippen LogP contribution in [-0.2, 0) is 23.6 Å². The van der Waals surface area contributed by atoms with Crippen LogP contribution in [0.5, 0.6) is 0 Å². The van der Waals surface area contributed by atoms with Crippen molar-refractivity contribution in [3.05, 3.63) is 23.8 Å². The summed E-state index contributed by atoms with van der Waals surface area (Å²) in [5.41, 5.74) is -1.01. The van der Waals surface area contributed by atoms with Crippen molar-refractivity contribution in [3.63, 3.8) is 0 Å². The normalized spacial score (nSPS) is 13.0. The first-order valence-corrected chi connectivity index (χ1v) is 9.93. The molecule has 0 aliphatic rings. The monoisotopic (exact) mass is 354 g/mol. The van der Waals surface area contributed by atoms with Crippen LogP contribution in [0.25, 0.3) is 0 Å². The first-order chi connectivity index (χ1) is 9.20. The first kappa shape index (κ1) is 17.9. The van der Waals surface area contributed by atoms with Crippen LogP contribution in [0.4, 0.5) is 0 Å². The lowest BCUT2D eigenvalue weighted by Crippen LogP contribution is -2.24. The maximum absolute atomic E-state index is 12.0. The fraction of sp³-hybridized carbons (Fsp3) is 0.417. The molecule has 0 fully saturated rings. The highest BCUT2D eigenvalue weighted by atomic mass is 35.7. The largest absolute Gasteiger partial charge is 0.456 e. The minimum Gasteiger partial charge on any atom is -0.456 e. The molecule has 0 atom stereocenters. The van der Waals surface area contributed by atoms with E-state index < -0.39 is 35.4 Å². The molecule has 0 unspecified atom stereocenters. The molecule has 1 aromatic carbocycles. The number of sulfone groups is 1. The number of halogens is 1. The van der Waals surface area contributed by atoms with E-state index in [4.69, 9.17) is 15.4 Å². The molecule has 6 nitrogen and oxygen atoms in total. The second-order valence-corrected chi connectivity index (χ2v) is 9.99. The van der Waals surface area contributed by atoms with Gasteiger partial charge in [-0.2, -0.15) is 0 Å². The maximum Gasteiger partial charge on any atom is 0.338 e. The summed E-state index contributed by atoms with van der Waals surface area (Å²) in [6.45, 7) is 4.89. The van der Waals surface area contributed by atoms with Gasteiger partial charge in [0.25, 0.3) is 9.05 Å². The van der Waals surface area contributed by atoms with Crippen molar-refractivity contribution < 1.29 is 26.4 Å². The second kappa shape index (κ2) is 5.58. The number of hydrogen-bond donors (Lipinski definition) is 0. The third-order valence-electron chi connectivity index (χ3n) is 2.22. The van der Waals surface area contributed by atoms with Crippen LogP contribution >= 0.6 is 10.7 Å². The summed E-state index contributed by atoms with van der Waals surface area (Å²) in [6.07, 6.45) is 0.895. The predicted molar refractivity (Wildman–Crippen MR) is 77.8 cm³/mol. The van der Waals surface area contributed by atoms with Gasteiger partial charge < -0.3 is 4.74 Å². The maximum atomic E-state index is 12.0. The number of carbonyl (C=O) groups is 1. The Hall–Kier alpha value is -1.12. The van der Waals surface area contributed by atoms with Gasteiger partial charge in [-0.1, -0.05) is 0 Å². The van der Waals surface area contributed by atoms with E-state index in [9.17, 15) is 21.6 Å². The summed E-state index contributed by atoms with van der Waals surface area (Å²) in [4.78, 5) is 11.2. The Kier molecular flexibility index (Phi) is 4.77. The molecule has 0 heterocycles. The summed E-state index contributed by atoms with van der Waals surface area (Å²) < 4.78 is 51.0. The highest BCUT2D eigenvalue weighted by Gasteiger charge is 2.23. The van der Waals surface area contributed by atoms with Crippen LogP contribution < -0.4 is 0 Å². The number of esters is 1. The lowest BCUT2D eigenvalue weighted by molar-refractivity contribution is 0.00689. The van der Waals surface area contributed by atoms with E-state index in [0.29, 0.717) is 0 Å². The average Bonchev–Trinajstić information content (AvgIpc) is 2.23. The highest BCUT2D eigenvalue weighted by Crippen LogP contribution is 2.23. The van der Waals surface area contributed by atoms with Gasteiger partial charge >= 0.3 is 5.97 Å². The zero-order valence-corrected chi connectivity index (χ0v) is 14.3. The summed E-state index contributed by atoms with van der Waals surface area (Å²) in [5.74, 6) is -0.838. The molecule has 0 bridgehead atoms. The molecule has 0 amide bonds. The first-order valence-electron chi connectivity index (χ1n) is 5.73. The topological polar surface area (TPSA) is 94.6 Å². The Morgan fingerprint density at radius 2 is 1.52 bits per heavy atom. The molecular formula is C12H15ClO6S2. The van der Waals surface area contributed by atoms with Crippen LogP contribution in [-0.4, -0.2) is 34.7 Å². The average molecular weight is 355 g/mol. The highest BCUT2D eigenvalue weighted by molar-refractivity contribution is 8.13. The van der Waals surface area contributed by atoms with E-state index in [0.717, 1.165) is 24.5 Å². The third-order valence-corrected chi connectivity index (χ3v) is 4.65. The minimum absolute atomic E-state index is 0.202. The summed E-state index contributed by atoms with van der Waals surface area (Å²) in [6, 6.07) is 2.92. The summed E-state index contributed by atoms with van der Waals surface area (Å²) >= 11 is 0. The van der Waals surface area contributed by atoms with Gasteiger partial charge in [0.1, 0.15) is 5.60 Å². The van der Waals surface area contributed by atoms with E-state index in [-0.39, 0.29) is 10.5 Å². The quantitative estimate of drug-likeness (QED) is 0.608. The molecule has 0 aliphatic heterocycles. The van der Waals surface area contributed by atoms with Crippen molar-refractivity contribution in [2.75, 3.05) is 6.26 Å². The number of carbonyl (C=O) groups excluding carboxylic acids is 1. The molecule has 1 rings (SSSR count). The molecule has 118 valence electrons. The van der Waals surface area contributed by atoms with Crippen LogP contribution in [0.2, 0.25) is 0 Å². The number of hydrogen-bond acceptors (Lipinski definition) is 6. The molecule has 0 radical (unpaired) electrons. The second-order valence-electron chi connectivity index (χ2n) is 5.40. The van der Waals surface area contributed by atoms with E-state index in [1.807, 2.05) is 0 Å². The molecule has 0 aliphatic carbocycles. The number of ether oxygens (including phenoxy) is 1. The van der Waals surface area contributed by atoms with Crippen molar-refractivity contribution in [1.29, 1.82) is 0 Å². The van der Waals surface area contributed by atoms with Gasteiger partial charge in [-0.3, -0.25) is 0 Å². The fourth-order valence-electron chi connectivity index (χ4n) is 1.38. The van der Waals surface area contributed by atoms with Gasteiger partial charge in [0.05, 0.1) is 15.4 Å². The fourth-order valence-corrected chi connectivity index (χ4v) is 2.94. The zero-order valence-electron chi connectivity index (χ0n) is 11.9. The Morgan fingerprint density at radius 3 is 1.90 bits per heavy atom. The van der Waals surface area contributed by atoms with E-state index >= 15 is 0 Å². The molecule has 1 aromatic rings. The van der Waals surface area contributed by atoms with Crippen molar-refractivity contribution in [3.8, 4) is 0 Å². The van der Waals surface area contributed by atoms with Crippen molar-refractivity contribution in [2.24, 2.45) is 0 Å². The molecule has 0 saturated heterocycles. The molecule has 0 N–H and O–H groups in total. The smallest absolute Gasteiger partial charge is 0.338 e. The van der Waals surface area contributed by atoms with Crippen molar-refractivity contribution in [2.45, 2.75) is 36.2 Å². The van der Waals surface area contributed by atoms with E-state index in [2.05, 4.69) is 0 Å². The lowest BCUT2D eigenvalue weighted by atomic mass is 10.1. The van der Waals surface area contributed by atoms with Gasteiger partial charge in [-0.15, -0.1) is 0 Å². The summed E-state index contributed by atoms with van der Waals surface area (Å²) in [7, 11) is -2.69. The van der Waals surface area contributed by atoms with Gasteiger partial charge in [0, 0.05) is 16.9 Å². The van der Waals surface area contributed by atoms with Gasteiger partial charge in [0.2, 0.25) is 0 Å². The molecular weight excluding hydrogens is 340 g/mol. The molecule has 9 heteroatoms. The molecule has 21 heavy (non-hydrogen) atoms. The predicted octanol–water partition coefficient (Wildman–Crippen LogP) is 1.97. The number of rotatable bonds is 3. The van der Waals surface area contributed by atoms with Crippen LogP contribution in [0.3, 0.4) is 0 Å². The lowest BCUT2D eigenvalue weighted by Gasteiger charge is -2.19. The van der Waals surface area contributed by atoms with E-state index in [1.165, 1.54) is 0 Å². The standard InChI is InChI=1S/C12H15ClO6S2/c1-12(2,3)19-11(14)8-5-9(20(4,15)16)7-10(6-8)21(13,17)18/h5-7H,1-4H3. The van der Waals surface area contributed by atoms with Gasteiger partial charge in [-0.25, -0.2) is 21.6 Å².